The van der Waals surface area contributed by atoms with Crippen molar-refractivity contribution in [1.82, 2.24) is 10.2 Å². The van der Waals surface area contributed by atoms with Gasteiger partial charge in [0.1, 0.15) is 6.04 Å². The van der Waals surface area contributed by atoms with Crippen molar-refractivity contribution in [2.45, 2.75) is 57.7 Å². The molecule has 3 rings (SSSR count). The van der Waals surface area contributed by atoms with Crippen LogP contribution in [0.4, 0.5) is 0 Å². The van der Waals surface area contributed by atoms with Gasteiger partial charge in [-0.2, -0.15) is 0 Å². The summed E-state index contributed by atoms with van der Waals surface area (Å²) in [5, 5.41) is 3.18. The van der Waals surface area contributed by atoms with Crippen molar-refractivity contribution in [3.63, 3.8) is 0 Å². The molecule has 0 aromatic heterocycles. The molecule has 0 radical (unpaired) electrons. The number of hydrogen-bond donors (Lipinski definition) is 1. The van der Waals surface area contributed by atoms with Crippen molar-refractivity contribution in [3.05, 3.63) is 53.6 Å². The summed E-state index contributed by atoms with van der Waals surface area (Å²) in [7, 11) is 4.53. The molecule has 1 saturated carbocycles. The lowest BCUT2D eigenvalue weighted by atomic mass is 10.00. The molecule has 0 heterocycles. The summed E-state index contributed by atoms with van der Waals surface area (Å²) in [6.07, 6.45) is 4.16. The number of amides is 2. The Bertz CT molecular complexity index is 929. The highest BCUT2D eigenvalue weighted by atomic mass is 16.5. The topological polar surface area (TPSA) is 77.1 Å². The molecule has 0 bridgehead atoms. The Morgan fingerprint density at radius 1 is 0.939 bits per heavy atom. The molecule has 2 aromatic carbocycles. The van der Waals surface area contributed by atoms with Crippen molar-refractivity contribution in [3.8, 4) is 17.2 Å². The lowest BCUT2D eigenvalue weighted by Gasteiger charge is -2.35. The van der Waals surface area contributed by atoms with Crippen LogP contribution >= 0.6 is 0 Å². The third-order valence-electron chi connectivity index (χ3n) is 6.05. The van der Waals surface area contributed by atoms with Crippen LogP contribution in [0.15, 0.2) is 42.5 Å². The van der Waals surface area contributed by atoms with Crippen LogP contribution < -0.4 is 19.5 Å². The molecule has 7 nitrogen and oxygen atoms in total. The zero-order chi connectivity index (χ0) is 24.0. The van der Waals surface area contributed by atoms with E-state index in [2.05, 4.69) is 5.32 Å². The van der Waals surface area contributed by atoms with Gasteiger partial charge in [0.05, 0.1) is 21.3 Å². The smallest absolute Gasteiger partial charge is 0.255 e. The number of nitrogens with one attached hydrogen (secondary N) is 1. The first-order valence-corrected chi connectivity index (χ1v) is 11.4. The molecular weight excluding hydrogens is 420 g/mol. The zero-order valence-electron chi connectivity index (χ0n) is 20.1. The number of carbonyl (C=O) groups is 2. The molecular formula is C26H34N2O5. The van der Waals surface area contributed by atoms with E-state index in [-0.39, 0.29) is 23.9 Å². The highest BCUT2D eigenvalue weighted by molar-refractivity contribution is 5.99. The van der Waals surface area contributed by atoms with Crippen LogP contribution in [-0.4, -0.2) is 50.1 Å². The maximum absolute atomic E-state index is 13.9. The number of ether oxygens (including phenoxy) is 3. The molecule has 33 heavy (non-hydrogen) atoms. The van der Waals surface area contributed by atoms with Crippen molar-refractivity contribution in [2.75, 3.05) is 21.3 Å². The molecule has 1 aliphatic rings. The van der Waals surface area contributed by atoms with E-state index >= 15 is 0 Å². The number of carbonyl (C=O) groups excluding carboxylic acids is 2. The minimum atomic E-state index is -0.765. The summed E-state index contributed by atoms with van der Waals surface area (Å²) in [5.74, 6) is 0.722. The summed E-state index contributed by atoms with van der Waals surface area (Å²) in [6, 6.07) is 11.8. The van der Waals surface area contributed by atoms with E-state index in [1.165, 1.54) is 21.3 Å². The van der Waals surface area contributed by atoms with Crippen LogP contribution in [0.25, 0.3) is 0 Å². The number of hydrogen-bond acceptors (Lipinski definition) is 5. The average molecular weight is 455 g/mol. The lowest BCUT2D eigenvalue weighted by molar-refractivity contribution is -0.127. The predicted molar refractivity (Wildman–Crippen MR) is 127 cm³/mol. The quantitative estimate of drug-likeness (QED) is 0.609. The summed E-state index contributed by atoms with van der Waals surface area (Å²) in [4.78, 5) is 29.1. The van der Waals surface area contributed by atoms with E-state index in [0.29, 0.717) is 22.8 Å². The summed E-state index contributed by atoms with van der Waals surface area (Å²) < 4.78 is 16.3. The van der Waals surface area contributed by atoms with Gasteiger partial charge in [-0.25, -0.2) is 0 Å². The van der Waals surface area contributed by atoms with Crippen LogP contribution in [-0.2, 0) is 4.79 Å². The highest BCUT2D eigenvalue weighted by Crippen LogP contribution is 2.39. The van der Waals surface area contributed by atoms with Crippen LogP contribution in [0.3, 0.4) is 0 Å². The van der Waals surface area contributed by atoms with Crippen molar-refractivity contribution in [1.29, 1.82) is 0 Å². The minimum Gasteiger partial charge on any atom is -0.493 e. The Hall–Kier alpha value is -3.22. The lowest BCUT2D eigenvalue weighted by Crippen LogP contribution is -2.48. The van der Waals surface area contributed by atoms with Gasteiger partial charge in [-0.1, -0.05) is 43.2 Å². The van der Waals surface area contributed by atoms with Crippen LogP contribution in [0, 0.1) is 0 Å². The first kappa shape index (κ1) is 24.4. The van der Waals surface area contributed by atoms with Crippen LogP contribution in [0.1, 0.15) is 61.5 Å². The van der Waals surface area contributed by atoms with Crippen molar-refractivity contribution < 1.29 is 23.8 Å². The van der Waals surface area contributed by atoms with Crippen molar-refractivity contribution in [2.24, 2.45) is 0 Å². The molecule has 1 atom stereocenters. The van der Waals surface area contributed by atoms with E-state index in [9.17, 15) is 9.59 Å². The first-order chi connectivity index (χ1) is 15.9. The second kappa shape index (κ2) is 11.1. The summed E-state index contributed by atoms with van der Waals surface area (Å²) in [5.41, 5.74) is 1.12. The van der Waals surface area contributed by atoms with Crippen molar-refractivity contribution >= 4 is 11.8 Å². The molecule has 1 unspecified atom stereocenters. The number of nitrogens with zero attached hydrogens (tertiary/aromatic N) is 1. The molecule has 0 saturated heterocycles. The molecule has 1 N–H and O–H groups in total. The Balaban J connectivity index is 2.04. The molecule has 0 aliphatic heterocycles. The maximum atomic E-state index is 13.9. The van der Waals surface area contributed by atoms with Gasteiger partial charge in [-0.05, 0) is 44.4 Å². The molecule has 2 amide bonds. The second-order valence-electron chi connectivity index (χ2n) is 8.52. The van der Waals surface area contributed by atoms with Gasteiger partial charge in [0.25, 0.3) is 5.91 Å². The van der Waals surface area contributed by atoms with E-state index in [0.717, 1.165) is 31.2 Å². The maximum Gasteiger partial charge on any atom is 0.255 e. The Morgan fingerprint density at radius 2 is 1.52 bits per heavy atom. The van der Waals surface area contributed by atoms with Gasteiger partial charge < -0.3 is 24.4 Å². The van der Waals surface area contributed by atoms with E-state index in [1.807, 2.05) is 44.2 Å². The van der Waals surface area contributed by atoms with Gasteiger partial charge in [0.15, 0.2) is 11.5 Å². The highest BCUT2D eigenvalue weighted by Gasteiger charge is 2.35. The van der Waals surface area contributed by atoms with Gasteiger partial charge in [-0.15, -0.1) is 0 Å². The van der Waals surface area contributed by atoms with Gasteiger partial charge >= 0.3 is 0 Å². The Morgan fingerprint density at radius 3 is 2.00 bits per heavy atom. The predicted octanol–water partition coefficient (Wildman–Crippen LogP) is 4.36. The fourth-order valence-electron chi connectivity index (χ4n) is 4.43. The van der Waals surface area contributed by atoms with E-state index in [4.69, 9.17) is 14.2 Å². The van der Waals surface area contributed by atoms with Crippen LogP contribution in [0.5, 0.6) is 17.2 Å². The fourth-order valence-corrected chi connectivity index (χ4v) is 4.43. The summed E-state index contributed by atoms with van der Waals surface area (Å²) >= 11 is 0. The average Bonchev–Trinajstić information content (AvgIpc) is 3.34. The largest absolute Gasteiger partial charge is 0.493 e. The van der Waals surface area contributed by atoms with Gasteiger partial charge in [0, 0.05) is 17.6 Å². The summed E-state index contributed by atoms with van der Waals surface area (Å²) in [6.45, 7) is 3.82. The number of benzene rings is 2. The third kappa shape index (κ3) is 5.41. The monoisotopic (exact) mass is 454 g/mol. The van der Waals surface area contributed by atoms with E-state index < -0.39 is 6.04 Å². The molecule has 178 valence electrons. The second-order valence-corrected chi connectivity index (χ2v) is 8.52. The molecule has 7 heteroatoms. The first-order valence-electron chi connectivity index (χ1n) is 11.4. The Kier molecular flexibility index (Phi) is 8.20. The normalized spacial score (nSPS) is 14.6. The van der Waals surface area contributed by atoms with Crippen LogP contribution in [0.2, 0.25) is 0 Å². The zero-order valence-corrected chi connectivity index (χ0v) is 20.1. The molecule has 1 aliphatic carbocycles. The third-order valence-corrected chi connectivity index (χ3v) is 6.05. The minimum absolute atomic E-state index is 0.147. The van der Waals surface area contributed by atoms with E-state index in [1.54, 1.807) is 17.0 Å². The Labute approximate surface area is 196 Å². The van der Waals surface area contributed by atoms with Gasteiger partial charge in [0.2, 0.25) is 11.7 Å². The van der Waals surface area contributed by atoms with Gasteiger partial charge in [-0.3, -0.25) is 9.59 Å². The molecule has 2 aromatic rings. The number of rotatable bonds is 9. The standard InChI is InChI=1S/C26H34N2O5/c1-17(2)28(26(30)19-15-21(31-3)24(33-5)22(16-19)32-4)23(18-11-7-6-8-12-18)25(29)27-20-13-9-10-14-20/h6-8,11-12,15-17,20,23H,9-10,13-14H2,1-5H3,(H,27,29). The SMILES string of the molecule is COc1cc(C(=O)N(C(C)C)C(C(=O)NC2CCCC2)c2ccccc2)cc(OC)c1OC. The molecule has 0 spiro atoms. The number of methoxy groups -OCH3 is 3. The fraction of sp³-hybridized carbons (Fsp3) is 0.462. The molecule has 1 fully saturated rings.